The number of rotatable bonds is 7. The average molecular weight is 268 g/mol. The first kappa shape index (κ1) is 17.2. The minimum absolute atomic E-state index is 1.21. The summed E-state index contributed by atoms with van der Waals surface area (Å²) in [5.74, 6) is 0. The van der Waals surface area contributed by atoms with Crippen LogP contribution in [0.2, 0.25) is 0 Å². The molecular weight excluding hydrogens is 247 g/mol. The molecule has 1 aliphatic heterocycles. The van der Waals surface area contributed by atoms with Gasteiger partial charge in [-0.25, -0.2) is 4.99 Å². The first-order valence-corrected chi connectivity index (χ1v) is 6.36. The molecule has 1 atom stereocenters. The third-order valence-electron chi connectivity index (χ3n) is 2.43. The fourth-order valence-corrected chi connectivity index (χ4v) is 1.58. The lowest BCUT2D eigenvalue weighted by Gasteiger charge is -2.04. The number of nitrogens with one attached hydrogen (secondary N) is 1. The summed E-state index contributed by atoms with van der Waals surface area (Å²) < 4.78 is 39.0. The van der Waals surface area contributed by atoms with Gasteiger partial charge in [-0.2, -0.15) is 0 Å². The van der Waals surface area contributed by atoms with Crippen LogP contribution in [0.1, 0.15) is 45.4 Å². The van der Waals surface area contributed by atoms with E-state index in [0.29, 0.717) is 0 Å². The average Bonchev–Trinajstić information content (AvgIpc) is 2.73. The van der Waals surface area contributed by atoms with E-state index in [1.807, 2.05) is 12.5 Å². The molecule has 1 unspecified atom stereocenters. The lowest BCUT2D eigenvalue weighted by molar-refractivity contribution is -0.736. The fraction of sp³-hybridized carbons (Fsp3) is 0.727. The summed E-state index contributed by atoms with van der Waals surface area (Å²) >= 11 is 0. The van der Waals surface area contributed by atoms with Gasteiger partial charge < -0.3 is 17.3 Å². The van der Waals surface area contributed by atoms with E-state index in [1.165, 1.54) is 50.0 Å². The highest BCUT2D eigenvalue weighted by molar-refractivity contribution is 6.50. The Balaban J connectivity index is 0.000000494. The normalized spacial score (nSPS) is 17.7. The second-order valence-corrected chi connectivity index (χ2v) is 4.18. The van der Waals surface area contributed by atoms with Crippen molar-refractivity contribution in [2.45, 2.75) is 45.4 Å². The van der Waals surface area contributed by atoms with Gasteiger partial charge in [0.2, 0.25) is 0 Å². The van der Waals surface area contributed by atoms with Crippen molar-refractivity contribution < 1.29 is 22.2 Å². The molecule has 0 radical (unpaired) electrons. The van der Waals surface area contributed by atoms with Gasteiger partial charge in [0.05, 0.1) is 12.7 Å². The molecule has 0 aromatic rings. The van der Waals surface area contributed by atoms with Crippen molar-refractivity contribution in [1.29, 1.82) is 0 Å². The molecule has 1 rings (SSSR count). The van der Waals surface area contributed by atoms with E-state index >= 15 is 0 Å². The maximum Gasteiger partial charge on any atom is 0.673 e. The smallest absolute Gasteiger partial charge is 0.418 e. The van der Waals surface area contributed by atoms with Crippen molar-refractivity contribution >= 4 is 13.6 Å². The Kier molecular flexibility index (Phi) is 9.64. The Morgan fingerprint density at radius 1 is 1.00 bits per heavy atom. The topological polar surface area (TPSA) is 16.8 Å². The maximum absolute atomic E-state index is 9.75. The second kappa shape index (κ2) is 10.1. The van der Waals surface area contributed by atoms with Crippen molar-refractivity contribution in [2.75, 3.05) is 6.54 Å². The van der Waals surface area contributed by atoms with Gasteiger partial charge >= 0.3 is 7.25 Å². The molecule has 1 heterocycles. The fourth-order valence-electron chi connectivity index (χ4n) is 1.58. The van der Waals surface area contributed by atoms with Crippen LogP contribution in [0, 0.1) is 0 Å². The van der Waals surface area contributed by atoms with E-state index in [4.69, 9.17) is 0 Å². The number of unbranched alkanes of at least 4 members (excludes halogenated alkanes) is 5. The van der Waals surface area contributed by atoms with Crippen LogP contribution in [0.4, 0.5) is 17.3 Å². The molecule has 0 aromatic carbocycles. The van der Waals surface area contributed by atoms with E-state index in [-0.39, 0.29) is 0 Å². The first-order valence-electron chi connectivity index (χ1n) is 6.36. The second-order valence-electron chi connectivity index (χ2n) is 4.18. The standard InChI is InChI=1S/C11H20N2.BF4/c1-2-3-4-5-6-7-9-13-10-8-12-11-13;2-1(3,4)5/h8,10-11H,2-7,9H2,1H3;/q;-1/p+1. The molecule has 2 nitrogen and oxygen atoms in total. The highest BCUT2D eigenvalue weighted by Crippen LogP contribution is 2.06. The molecule has 0 aliphatic carbocycles. The Morgan fingerprint density at radius 2 is 1.56 bits per heavy atom. The monoisotopic (exact) mass is 268 g/mol. The Bertz CT molecular complexity index is 236. The number of hydrogen-bond acceptors (Lipinski definition) is 1. The van der Waals surface area contributed by atoms with Gasteiger partial charge in [-0.05, 0) is 12.8 Å². The number of halogens is 4. The zero-order chi connectivity index (χ0) is 13.9. The molecule has 1 aliphatic rings. The highest BCUT2D eigenvalue weighted by atomic mass is 19.5. The maximum atomic E-state index is 9.75. The molecule has 7 heteroatoms. The Morgan fingerprint density at radius 3 is 2.06 bits per heavy atom. The van der Waals surface area contributed by atoms with Crippen LogP contribution in [0.5, 0.6) is 0 Å². The van der Waals surface area contributed by atoms with Gasteiger partial charge in [0.15, 0.2) is 6.34 Å². The van der Waals surface area contributed by atoms with Crippen LogP contribution in [0.15, 0.2) is 17.4 Å². The molecule has 106 valence electrons. The SMILES string of the molecule is CCCCCCCC[NH+]1C=CN=C1.F[B-](F)(F)F. The molecule has 0 fully saturated rings. The van der Waals surface area contributed by atoms with Crippen LogP contribution in [0.25, 0.3) is 0 Å². The summed E-state index contributed by atoms with van der Waals surface area (Å²) in [7, 11) is -6.00. The van der Waals surface area contributed by atoms with Crippen LogP contribution in [-0.2, 0) is 0 Å². The van der Waals surface area contributed by atoms with Gasteiger partial charge in [-0.15, -0.1) is 0 Å². The number of hydrogen-bond donors (Lipinski definition) is 1. The van der Waals surface area contributed by atoms with Gasteiger partial charge in [-0.1, -0.05) is 32.6 Å². The van der Waals surface area contributed by atoms with Gasteiger partial charge in [0.25, 0.3) is 0 Å². The zero-order valence-electron chi connectivity index (χ0n) is 10.7. The van der Waals surface area contributed by atoms with E-state index in [0.717, 1.165) is 0 Å². The predicted octanol–water partition coefficient (Wildman–Crippen LogP) is 3.04. The van der Waals surface area contributed by atoms with Gasteiger partial charge in [-0.3, -0.25) is 4.90 Å². The third-order valence-corrected chi connectivity index (χ3v) is 2.43. The summed E-state index contributed by atoms with van der Waals surface area (Å²) in [6, 6.07) is 0. The predicted molar refractivity (Wildman–Crippen MR) is 67.0 cm³/mol. The van der Waals surface area contributed by atoms with Crippen LogP contribution in [0.3, 0.4) is 0 Å². The largest absolute Gasteiger partial charge is 0.673 e. The lowest BCUT2D eigenvalue weighted by atomic mass is 10.1. The molecule has 0 spiro atoms. The van der Waals surface area contributed by atoms with Crippen molar-refractivity contribution in [3.8, 4) is 0 Å². The van der Waals surface area contributed by atoms with Crippen molar-refractivity contribution in [3.63, 3.8) is 0 Å². The number of nitrogens with zero attached hydrogens (tertiary/aromatic N) is 1. The van der Waals surface area contributed by atoms with Gasteiger partial charge in [0.1, 0.15) is 6.20 Å². The van der Waals surface area contributed by atoms with E-state index < -0.39 is 7.25 Å². The molecule has 0 bridgehead atoms. The van der Waals surface area contributed by atoms with Crippen molar-refractivity contribution in [2.24, 2.45) is 4.99 Å². The molecule has 0 saturated heterocycles. The summed E-state index contributed by atoms with van der Waals surface area (Å²) in [5, 5.41) is 0. The number of quaternary nitrogens is 1. The molecule has 0 aromatic heterocycles. The molecule has 0 saturated carbocycles. The molecule has 1 N–H and O–H groups in total. The molecular formula is C11H21BF4N2. The quantitative estimate of drug-likeness (QED) is 0.415. The summed E-state index contributed by atoms with van der Waals surface area (Å²) in [5.41, 5.74) is 0. The Hall–Kier alpha value is -0.845. The summed E-state index contributed by atoms with van der Waals surface area (Å²) in [6.07, 6.45) is 14.2. The minimum atomic E-state index is -6.00. The highest BCUT2D eigenvalue weighted by Gasteiger charge is 2.20. The van der Waals surface area contributed by atoms with Crippen molar-refractivity contribution in [1.82, 2.24) is 0 Å². The first-order chi connectivity index (χ1) is 8.43. The molecule has 0 amide bonds. The summed E-state index contributed by atoms with van der Waals surface area (Å²) in [4.78, 5) is 5.45. The lowest BCUT2D eigenvalue weighted by Crippen LogP contribution is -3.05. The van der Waals surface area contributed by atoms with Crippen LogP contribution in [-0.4, -0.2) is 20.1 Å². The summed E-state index contributed by atoms with van der Waals surface area (Å²) in [6.45, 7) is 3.47. The third kappa shape index (κ3) is 15.2. The van der Waals surface area contributed by atoms with Crippen LogP contribution >= 0.6 is 0 Å². The minimum Gasteiger partial charge on any atom is -0.418 e. The van der Waals surface area contributed by atoms with E-state index in [1.54, 1.807) is 0 Å². The van der Waals surface area contributed by atoms with Gasteiger partial charge in [0, 0.05) is 0 Å². The Labute approximate surface area is 106 Å². The molecule has 18 heavy (non-hydrogen) atoms. The number of aliphatic imine (C=N–C) groups is 1. The zero-order valence-corrected chi connectivity index (χ0v) is 10.7. The van der Waals surface area contributed by atoms with Crippen molar-refractivity contribution in [3.05, 3.63) is 12.4 Å². The van der Waals surface area contributed by atoms with E-state index in [9.17, 15) is 17.3 Å². The van der Waals surface area contributed by atoms with Crippen LogP contribution < -0.4 is 4.90 Å². The van der Waals surface area contributed by atoms with E-state index in [2.05, 4.69) is 18.1 Å².